The first-order valence-corrected chi connectivity index (χ1v) is 6.37. The van der Waals surface area contributed by atoms with Crippen LogP contribution in [0.3, 0.4) is 0 Å². The Balaban J connectivity index is 2.29. The van der Waals surface area contributed by atoms with Crippen molar-refractivity contribution in [2.45, 2.75) is 19.1 Å². The van der Waals surface area contributed by atoms with Gasteiger partial charge in [-0.3, -0.25) is 4.90 Å². The number of nitrogens with zero attached hydrogens (tertiary/aromatic N) is 1. The molecule has 0 amide bonds. The highest BCUT2D eigenvalue weighted by Gasteiger charge is 2.27. The molecule has 0 saturated carbocycles. The second kappa shape index (κ2) is 5.34. The zero-order chi connectivity index (χ0) is 13.3. The molecule has 18 heavy (non-hydrogen) atoms. The van der Waals surface area contributed by atoms with Crippen LogP contribution in [-0.4, -0.2) is 38.3 Å². The zero-order valence-electron chi connectivity index (χ0n) is 10.9. The molecule has 2 N–H and O–H groups in total. The van der Waals surface area contributed by atoms with Crippen molar-refractivity contribution in [1.29, 1.82) is 0 Å². The van der Waals surface area contributed by atoms with Crippen molar-refractivity contribution in [2.75, 3.05) is 27.2 Å². The Morgan fingerprint density at radius 2 is 2.11 bits per heavy atom. The van der Waals surface area contributed by atoms with Crippen LogP contribution in [0.25, 0.3) is 0 Å². The third-order valence-corrected chi connectivity index (χ3v) is 3.29. The van der Waals surface area contributed by atoms with Gasteiger partial charge in [0.1, 0.15) is 6.10 Å². The van der Waals surface area contributed by atoms with Gasteiger partial charge >= 0.3 is 0 Å². The minimum Gasteiger partial charge on any atom is -0.493 e. The molecule has 1 aromatic carbocycles. The van der Waals surface area contributed by atoms with Gasteiger partial charge in [-0.05, 0) is 20.0 Å². The molecule has 1 fully saturated rings. The number of benzene rings is 1. The summed E-state index contributed by atoms with van der Waals surface area (Å²) in [5, 5.41) is 0.609. The second-order valence-corrected chi connectivity index (χ2v) is 5.21. The molecule has 0 aliphatic carbocycles. The highest BCUT2D eigenvalue weighted by atomic mass is 35.5. The molecule has 0 spiro atoms. The Kier molecular flexibility index (Phi) is 4.00. The predicted octanol–water partition coefficient (Wildman–Crippen LogP) is 2.06. The van der Waals surface area contributed by atoms with Crippen molar-refractivity contribution in [3.8, 4) is 11.5 Å². The van der Waals surface area contributed by atoms with E-state index in [2.05, 4.69) is 11.9 Å². The molecule has 1 unspecified atom stereocenters. The molecule has 1 atom stereocenters. The lowest BCUT2D eigenvalue weighted by Gasteiger charge is -2.37. The highest BCUT2D eigenvalue weighted by Crippen LogP contribution is 2.38. The van der Waals surface area contributed by atoms with Crippen LogP contribution in [0, 0.1) is 0 Å². The molecule has 0 radical (unpaired) electrons. The first-order valence-electron chi connectivity index (χ1n) is 5.99. The van der Waals surface area contributed by atoms with Gasteiger partial charge in [-0.2, -0.15) is 0 Å². The maximum absolute atomic E-state index is 6.05. The van der Waals surface area contributed by atoms with Gasteiger partial charge in [-0.25, -0.2) is 0 Å². The number of likely N-dealkylation sites (N-methyl/N-ethyl adjacent to an activating group) is 1. The van der Waals surface area contributed by atoms with Gasteiger partial charge in [0, 0.05) is 35.8 Å². The fourth-order valence-corrected chi connectivity index (χ4v) is 2.30. The van der Waals surface area contributed by atoms with Gasteiger partial charge in [0.2, 0.25) is 0 Å². The Morgan fingerprint density at radius 1 is 1.44 bits per heavy atom. The van der Waals surface area contributed by atoms with Crippen LogP contribution in [0.5, 0.6) is 11.5 Å². The van der Waals surface area contributed by atoms with Crippen molar-refractivity contribution in [1.82, 2.24) is 4.90 Å². The summed E-state index contributed by atoms with van der Waals surface area (Å²) in [5.41, 5.74) is 6.85. The topological polar surface area (TPSA) is 47.7 Å². The standard InChI is InChI=1S/C13H19ClN2O2/c1-8(15)11-4-9(14)5-12(17-3)13(11)18-10-6-16(2)7-10/h4-5,8,10H,6-7,15H2,1-3H3. The van der Waals surface area contributed by atoms with E-state index < -0.39 is 0 Å². The van der Waals surface area contributed by atoms with E-state index in [1.807, 2.05) is 13.0 Å². The maximum atomic E-state index is 6.05. The van der Waals surface area contributed by atoms with E-state index in [0.717, 1.165) is 24.4 Å². The van der Waals surface area contributed by atoms with Crippen LogP contribution < -0.4 is 15.2 Å². The molecule has 1 heterocycles. The van der Waals surface area contributed by atoms with E-state index in [0.29, 0.717) is 10.8 Å². The molecule has 1 aromatic rings. The van der Waals surface area contributed by atoms with E-state index in [4.69, 9.17) is 26.8 Å². The van der Waals surface area contributed by atoms with Crippen LogP contribution in [0.4, 0.5) is 0 Å². The molecule has 5 heteroatoms. The highest BCUT2D eigenvalue weighted by molar-refractivity contribution is 6.30. The first-order chi connectivity index (χ1) is 8.51. The number of nitrogens with two attached hydrogens (primary N) is 1. The van der Waals surface area contributed by atoms with Gasteiger partial charge in [-0.15, -0.1) is 0 Å². The summed E-state index contributed by atoms with van der Waals surface area (Å²) in [6.45, 7) is 3.75. The van der Waals surface area contributed by atoms with Gasteiger partial charge in [0.15, 0.2) is 11.5 Å². The molecule has 1 saturated heterocycles. The molecule has 4 nitrogen and oxygen atoms in total. The zero-order valence-corrected chi connectivity index (χ0v) is 11.7. The minimum absolute atomic E-state index is 0.148. The van der Waals surface area contributed by atoms with E-state index in [1.54, 1.807) is 13.2 Å². The van der Waals surface area contributed by atoms with Crippen molar-refractivity contribution >= 4 is 11.6 Å². The fourth-order valence-electron chi connectivity index (χ4n) is 2.09. The first kappa shape index (κ1) is 13.5. The molecular formula is C13H19ClN2O2. The number of methoxy groups -OCH3 is 1. The molecule has 0 bridgehead atoms. The van der Waals surface area contributed by atoms with Crippen LogP contribution in [0.15, 0.2) is 12.1 Å². The Hall–Kier alpha value is -0.970. The Bertz CT molecular complexity index is 431. The lowest BCUT2D eigenvalue weighted by atomic mass is 10.1. The van der Waals surface area contributed by atoms with Gasteiger partial charge in [0.25, 0.3) is 0 Å². The largest absolute Gasteiger partial charge is 0.493 e. The Labute approximate surface area is 113 Å². The maximum Gasteiger partial charge on any atom is 0.166 e. The third kappa shape index (κ3) is 2.71. The van der Waals surface area contributed by atoms with Crippen LogP contribution in [0.1, 0.15) is 18.5 Å². The summed E-state index contributed by atoms with van der Waals surface area (Å²) in [4.78, 5) is 2.19. The van der Waals surface area contributed by atoms with E-state index in [9.17, 15) is 0 Å². The summed E-state index contributed by atoms with van der Waals surface area (Å²) >= 11 is 6.05. The monoisotopic (exact) mass is 270 g/mol. The minimum atomic E-state index is -0.148. The predicted molar refractivity (Wildman–Crippen MR) is 72.5 cm³/mol. The smallest absolute Gasteiger partial charge is 0.166 e. The summed E-state index contributed by atoms with van der Waals surface area (Å²) in [6.07, 6.45) is 0.197. The van der Waals surface area contributed by atoms with Gasteiger partial charge < -0.3 is 15.2 Å². The molecule has 0 aromatic heterocycles. The number of likely N-dealkylation sites (tertiary alicyclic amines) is 1. The van der Waals surface area contributed by atoms with Gasteiger partial charge in [0.05, 0.1) is 7.11 Å². The Morgan fingerprint density at radius 3 is 2.61 bits per heavy atom. The van der Waals surface area contributed by atoms with Crippen molar-refractivity contribution in [3.05, 3.63) is 22.7 Å². The van der Waals surface area contributed by atoms with Crippen LogP contribution in [0.2, 0.25) is 5.02 Å². The fraction of sp³-hybridized carbons (Fsp3) is 0.538. The van der Waals surface area contributed by atoms with Crippen molar-refractivity contribution in [2.24, 2.45) is 5.73 Å². The number of hydrogen-bond donors (Lipinski definition) is 1. The lowest BCUT2D eigenvalue weighted by Crippen LogP contribution is -2.51. The molecule has 2 rings (SSSR count). The number of rotatable bonds is 4. The van der Waals surface area contributed by atoms with Crippen molar-refractivity contribution < 1.29 is 9.47 Å². The molecule has 1 aliphatic rings. The number of ether oxygens (including phenoxy) is 2. The molecule has 1 aliphatic heterocycles. The van der Waals surface area contributed by atoms with Crippen molar-refractivity contribution in [3.63, 3.8) is 0 Å². The summed E-state index contributed by atoms with van der Waals surface area (Å²) in [7, 11) is 3.67. The average Bonchev–Trinajstić information content (AvgIpc) is 2.28. The quantitative estimate of drug-likeness (QED) is 0.910. The SMILES string of the molecule is COc1cc(Cl)cc(C(C)N)c1OC1CN(C)C1. The van der Waals surface area contributed by atoms with Gasteiger partial charge in [-0.1, -0.05) is 11.6 Å². The normalized spacial score (nSPS) is 18.3. The summed E-state index contributed by atoms with van der Waals surface area (Å²) in [5.74, 6) is 1.36. The van der Waals surface area contributed by atoms with E-state index in [-0.39, 0.29) is 12.1 Å². The second-order valence-electron chi connectivity index (χ2n) is 4.78. The number of hydrogen-bond acceptors (Lipinski definition) is 4. The van der Waals surface area contributed by atoms with E-state index >= 15 is 0 Å². The van der Waals surface area contributed by atoms with Crippen LogP contribution in [-0.2, 0) is 0 Å². The molecule has 100 valence electrons. The molecular weight excluding hydrogens is 252 g/mol. The van der Waals surface area contributed by atoms with Crippen LogP contribution >= 0.6 is 11.6 Å². The number of halogens is 1. The average molecular weight is 271 g/mol. The van der Waals surface area contributed by atoms with E-state index in [1.165, 1.54) is 0 Å². The summed E-state index contributed by atoms with van der Waals surface area (Å²) in [6, 6.07) is 3.45. The third-order valence-electron chi connectivity index (χ3n) is 3.07. The lowest BCUT2D eigenvalue weighted by molar-refractivity contribution is 0.0360. The summed E-state index contributed by atoms with van der Waals surface area (Å²) < 4.78 is 11.3.